The summed E-state index contributed by atoms with van der Waals surface area (Å²) in [6.45, 7) is 0. The second-order valence-electron chi connectivity index (χ2n) is 6.46. The summed E-state index contributed by atoms with van der Waals surface area (Å²) in [6, 6.07) is 7.61. The molecule has 2 rings (SSSR count). The summed E-state index contributed by atoms with van der Waals surface area (Å²) in [6.07, 6.45) is 6.39. The van der Waals surface area contributed by atoms with Gasteiger partial charge in [0.1, 0.15) is 5.75 Å². The predicted octanol–water partition coefficient (Wildman–Crippen LogP) is 3.17. The molecule has 0 bridgehead atoms. The molecule has 1 aromatic rings. The number of rotatable bonds is 7. The van der Waals surface area contributed by atoms with Gasteiger partial charge in [-0.25, -0.2) is 0 Å². The van der Waals surface area contributed by atoms with Gasteiger partial charge in [-0.2, -0.15) is 0 Å². The van der Waals surface area contributed by atoms with Crippen LogP contribution in [-0.2, 0) is 16.0 Å². The highest BCUT2D eigenvalue weighted by molar-refractivity contribution is 5.78. The minimum atomic E-state index is -0.791. The number of carbonyl (C=O) groups excluding carboxylic acids is 1. The number of amides is 1. The Balaban J connectivity index is 1.77. The highest BCUT2D eigenvalue weighted by Crippen LogP contribution is 2.24. The van der Waals surface area contributed by atoms with E-state index in [1.165, 1.54) is 5.56 Å². The highest BCUT2D eigenvalue weighted by atomic mass is 16.5. The van der Waals surface area contributed by atoms with E-state index >= 15 is 0 Å². The van der Waals surface area contributed by atoms with E-state index < -0.39 is 11.9 Å². The maximum atomic E-state index is 12.2. The van der Waals surface area contributed by atoms with Crippen molar-refractivity contribution in [2.45, 2.75) is 57.4 Å². The van der Waals surface area contributed by atoms with E-state index in [4.69, 9.17) is 4.74 Å². The van der Waals surface area contributed by atoms with E-state index in [2.05, 4.69) is 5.32 Å². The van der Waals surface area contributed by atoms with Gasteiger partial charge in [0.05, 0.1) is 13.0 Å². The van der Waals surface area contributed by atoms with Crippen LogP contribution in [0.3, 0.4) is 0 Å². The third-order valence-electron chi connectivity index (χ3n) is 4.71. The van der Waals surface area contributed by atoms with Crippen molar-refractivity contribution in [2.75, 3.05) is 7.11 Å². The topological polar surface area (TPSA) is 75.6 Å². The number of nitrogens with one attached hydrogen (secondary N) is 1. The molecule has 1 aromatic carbocycles. The molecule has 0 radical (unpaired) electrons. The van der Waals surface area contributed by atoms with Crippen LogP contribution in [-0.4, -0.2) is 30.1 Å². The molecule has 1 aliphatic carbocycles. The first kappa shape index (κ1) is 18.3. The van der Waals surface area contributed by atoms with Crippen molar-refractivity contribution in [2.24, 2.45) is 5.92 Å². The first-order valence-corrected chi connectivity index (χ1v) is 8.75. The predicted molar refractivity (Wildman–Crippen MR) is 92.1 cm³/mol. The highest BCUT2D eigenvalue weighted by Gasteiger charge is 2.30. The van der Waals surface area contributed by atoms with Crippen molar-refractivity contribution >= 4 is 11.9 Å². The van der Waals surface area contributed by atoms with E-state index in [-0.39, 0.29) is 11.9 Å². The first-order valence-electron chi connectivity index (χ1n) is 8.75. The van der Waals surface area contributed by atoms with Gasteiger partial charge in [-0.1, -0.05) is 31.4 Å². The molecule has 2 atom stereocenters. The Morgan fingerprint density at radius 1 is 1.17 bits per heavy atom. The fourth-order valence-electron chi connectivity index (χ4n) is 3.30. The van der Waals surface area contributed by atoms with Gasteiger partial charge in [0.2, 0.25) is 5.91 Å². The monoisotopic (exact) mass is 333 g/mol. The average molecular weight is 333 g/mol. The van der Waals surface area contributed by atoms with Gasteiger partial charge in [-0.05, 0) is 43.4 Å². The maximum Gasteiger partial charge on any atom is 0.308 e. The smallest absolute Gasteiger partial charge is 0.308 e. The van der Waals surface area contributed by atoms with Crippen LogP contribution in [0.25, 0.3) is 0 Å². The third kappa shape index (κ3) is 5.55. The van der Waals surface area contributed by atoms with Crippen LogP contribution in [0.2, 0.25) is 0 Å². The summed E-state index contributed by atoms with van der Waals surface area (Å²) < 4.78 is 5.12. The van der Waals surface area contributed by atoms with Gasteiger partial charge >= 0.3 is 5.97 Å². The number of carboxylic acid groups (broad SMARTS) is 1. The minimum absolute atomic E-state index is 0.0401. The molecule has 0 spiro atoms. The number of ether oxygens (including phenoxy) is 1. The molecule has 5 nitrogen and oxygen atoms in total. The number of carboxylic acids is 1. The van der Waals surface area contributed by atoms with Crippen molar-refractivity contribution in [3.05, 3.63) is 29.8 Å². The van der Waals surface area contributed by atoms with Crippen LogP contribution in [0, 0.1) is 5.92 Å². The molecule has 2 N–H and O–H groups in total. The van der Waals surface area contributed by atoms with Crippen LogP contribution in [0.15, 0.2) is 24.3 Å². The number of hydrogen-bond acceptors (Lipinski definition) is 3. The Morgan fingerprint density at radius 3 is 2.54 bits per heavy atom. The van der Waals surface area contributed by atoms with Gasteiger partial charge in [-0.3, -0.25) is 9.59 Å². The van der Waals surface area contributed by atoms with Crippen LogP contribution in [0.5, 0.6) is 5.75 Å². The second kappa shape index (κ2) is 9.30. The van der Waals surface area contributed by atoms with Gasteiger partial charge in [0.25, 0.3) is 0 Å². The number of aryl methyl sites for hydroxylation is 1. The fraction of sp³-hybridized carbons (Fsp3) is 0.579. The molecule has 1 saturated carbocycles. The molecule has 0 aromatic heterocycles. The average Bonchev–Trinajstić information content (AvgIpc) is 2.81. The van der Waals surface area contributed by atoms with Gasteiger partial charge in [0.15, 0.2) is 0 Å². The van der Waals surface area contributed by atoms with Crippen molar-refractivity contribution in [1.82, 2.24) is 5.32 Å². The molecule has 24 heavy (non-hydrogen) atoms. The molecule has 0 aliphatic heterocycles. The zero-order valence-corrected chi connectivity index (χ0v) is 14.3. The number of aliphatic carboxylic acids is 1. The molecule has 132 valence electrons. The molecule has 1 fully saturated rings. The van der Waals surface area contributed by atoms with Crippen LogP contribution < -0.4 is 10.1 Å². The van der Waals surface area contributed by atoms with Crippen molar-refractivity contribution in [1.29, 1.82) is 0 Å². The van der Waals surface area contributed by atoms with E-state index in [1.807, 2.05) is 24.3 Å². The Bertz CT molecular complexity index is 541. The quantitative estimate of drug-likeness (QED) is 0.752. The lowest BCUT2D eigenvalue weighted by molar-refractivity contribution is -0.143. The minimum Gasteiger partial charge on any atom is -0.497 e. The normalized spacial score (nSPS) is 20.9. The lowest BCUT2D eigenvalue weighted by Crippen LogP contribution is -2.42. The van der Waals surface area contributed by atoms with Crippen LogP contribution >= 0.6 is 0 Å². The zero-order valence-electron chi connectivity index (χ0n) is 14.3. The Labute approximate surface area is 143 Å². The fourth-order valence-corrected chi connectivity index (χ4v) is 3.30. The maximum absolute atomic E-state index is 12.2. The van der Waals surface area contributed by atoms with Gasteiger partial charge in [-0.15, -0.1) is 0 Å². The lowest BCUT2D eigenvalue weighted by atomic mass is 9.94. The molecule has 0 saturated heterocycles. The molecule has 1 amide bonds. The van der Waals surface area contributed by atoms with E-state index in [0.29, 0.717) is 12.8 Å². The molecule has 1 aliphatic rings. The molecular weight excluding hydrogens is 306 g/mol. The summed E-state index contributed by atoms with van der Waals surface area (Å²) >= 11 is 0. The molecule has 5 heteroatoms. The second-order valence-corrected chi connectivity index (χ2v) is 6.46. The van der Waals surface area contributed by atoms with E-state index in [9.17, 15) is 14.7 Å². The Morgan fingerprint density at radius 2 is 1.88 bits per heavy atom. The first-order chi connectivity index (χ1) is 11.6. The van der Waals surface area contributed by atoms with E-state index in [0.717, 1.165) is 44.3 Å². The molecule has 0 heterocycles. The zero-order chi connectivity index (χ0) is 17.4. The number of carbonyl (C=O) groups is 2. The van der Waals surface area contributed by atoms with Gasteiger partial charge < -0.3 is 15.2 Å². The summed E-state index contributed by atoms with van der Waals surface area (Å²) in [7, 11) is 1.64. The van der Waals surface area contributed by atoms with Crippen molar-refractivity contribution < 1.29 is 19.4 Å². The third-order valence-corrected chi connectivity index (χ3v) is 4.71. The van der Waals surface area contributed by atoms with Crippen LogP contribution in [0.4, 0.5) is 0 Å². The van der Waals surface area contributed by atoms with E-state index in [1.54, 1.807) is 7.11 Å². The Kier molecular flexibility index (Phi) is 7.09. The lowest BCUT2D eigenvalue weighted by Gasteiger charge is -2.22. The summed E-state index contributed by atoms with van der Waals surface area (Å²) in [5, 5.41) is 12.3. The SMILES string of the molecule is COc1ccc(CCCC(=O)N[C@H]2CCCCC[C@H]2C(=O)O)cc1. The van der Waals surface area contributed by atoms with Crippen molar-refractivity contribution in [3.63, 3.8) is 0 Å². The van der Waals surface area contributed by atoms with Gasteiger partial charge in [0, 0.05) is 12.5 Å². The summed E-state index contributed by atoms with van der Waals surface area (Å²) in [5.41, 5.74) is 1.17. The number of hydrogen-bond donors (Lipinski definition) is 2. The largest absolute Gasteiger partial charge is 0.497 e. The van der Waals surface area contributed by atoms with Crippen molar-refractivity contribution in [3.8, 4) is 5.75 Å². The summed E-state index contributed by atoms with van der Waals surface area (Å²) in [5.74, 6) is -0.454. The summed E-state index contributed by atoms with van der Waals surface area (Å²) in [4.78, 5) is 23.5. The molecular formula is C19H27NO4. The standard InChI is InChI=1S/C19H27NO4/c1-24-15-12-10-14(11-13-15)6-5-9-18(21)20-17-8-4-2-3-7-16(17)19(22)23/h10-13,16-17H,2-9H2,1H3,(H,20,21)(H,22,23)/t16-,17+/m1/s1. The Hall–Kier alpha value is -2.04. The number of methoxy groups -OCH3 is 1. The molecule has 0 unspecified atom stereocenters. The van der Waals surface area contributed by atoms with Crippen LogP contribution in [0.1, 0.15) is 50.5 Å². The number of benzene rings is 1.